The number of fused-ring (bicyclic) bond motifs is 1. The van der Waals surface area contributed by atoms with Crippen molar-refractivity contribution < 1.29 is 18.8 Å². The largest absolute Gasteiger partial charge is 0.461 e. The molecule has 2 atom stereocenters. The van der Waals surface area contributed by atoms with Crippen molar-refractivity contribution in [3.8, 4) is 5.75 Å². The van der Waals surface area contributed by atoms with Crippen LogP contribution in [0.4, 0.5) is 5.69 Å². The first-order valence-corrected chi connectivity index (χ1v) is 11.3. The van der Waals surface area contributed by atoms with Crippen LogP contribution in [-0.4, -0.2) is 57.7 Å². The Bertz CT molecular complexity index is 882. The highest BCUT2D eigenvalue weighted by atomic mass is 32.2. The molecule has 0 amide bonds. The van der Waals surface area contributed by atoms with Gasteiger partial charge in [-0.15, -0.1) is 0 Å². The van der Waals surface area contributed by atoms with E-state index in [1.54, 1.807) is 12.1 Å². The van der Waals surface area contributed by atoms with Crippen LogP contribution in [0.1, 0.15) is 18.4 Å². The van der Waals surface area contributed by atoms with Crippen LogP contribution < -0.4 is 10.1 Å². The SMILES string of the molecule is O=CC1Nc2ccc(S(=O)CCN3CCC(O)(Cc4ccccc4)CC3)cc2O1. The van der Waals surface area contributed by atoms with Gasteiger partial charge in [0.2, 0.25) is 6.23 Å². The molecule has 0 aliphatic carbocycles. The highest BCUT2D eigenvalue weighted by Crippen LogP contribution is 2.33. The van der Waals surface area contributed by atoms with Crippen LogP contribution in [0.5, 0.6) is 5.75 Å². The molecule has 0 radical (unpaired) electrons. The van der Waals surface area contributed by atoms with Gasteiger partial charge in [-0.05, 0) is 36.6 Å². The second kappa shape index (κ2) is 8.65. The van der Waals surface area contributed by atoms with E-state index >= 15 is 0 Å². The zero-order valence-electron chi connectivity index (χ0n) is 16.3. The van der Waals surface area contributed by atoms with Crippen LogP contribution in [-0.2, 0) is 22.0 Å². The third-order valence-electron chi connectivity index (χ3n) is 5.65. The summed E-state index contributed by atoms with van der Waals surface area (Å²) in [7, 11) is -1.14. The van der Waals surface area contributed by atoms with Crippen LogP contribution >= 0.6 is 0 Å². The smallest absolute Gasteiger partial charge is 0.226 e. The van der Waals surface area contributed by atoms with E-state index in [1.165, 1.54) is 0 Å². The minimum atomic E-state index is -1.14. The van der Waals surface area contributed by atoms with Gasteiger partial charge < -0.3 is 20.1 Å². The van der Waals surface area contributed by atoms with E-state index < -0.39 is 22.6 Å². The van der Waals surface area contributed by atoms with Gasteiger partial charge in [0, 0.05) is 36.7 Å². The molecule has 7 heteroatoms. The van der Waals surface area contributed by atoms with Crippen LogP contribution in [0.3, 0.4) is 0 Å². The lowest BCUT2D eigenvalue weighted by molar-refractivity contribution is -0.112. The number of carbonyl (C=O) groups excluding carboxylic acids is 1. The number of nitrogens with zero attached hydrogens (tertiary/aromatic N) is 1. The molecule has 154 valence electrons. The second-order valence-corrected chi connectivity index (χ2v) is 9.33. The molecule has 2 aromatic rings. The summed E-state index contributed by atoms with van der Waals surface area (Å²) < 4.78 is 18.2. The Morgan fingerprint density at radius 1 is 1.21 bits per heavy atom. The van der Waals surface area contributed by atoms with E-state index in [2.05, 4.69) is 22.3 Å². The Labute approximate surface area is 173 Å². The van der Waals surface area contributed by atoms with Crippen molar-refractivity contribution in [2.75, 3.05) is 30.7 Å². The van der Waals surface area contributed by atoms with Gasteiger partial charge in [0.05, 0.1) is 22.1 Å². The lowest BCUT2D eigenvalue weighted by Crippen LogP contribution is -2.46. The Morgan fingerprint density at radius 2 is 1.97 bits per heavy atom. The van der Waals surface area contributed by atoms with Crippen LogP contribution in [0.2, 0.25) is 0 Å². The van der Waals surface area contributed by atoms with E-state index in [1.807, 2.05) is 24.3 Å². The summed E-state index contributed by atoms with van der Waals surface area (Å²) >= 11 is 0. The number of nitrogens with one attached hydrogen (secondary N) is 1. The fraction of sp³-hybridized carbons (Fsp3) is 0.409. The van der Waals surface area contributed by atoms with E-state index in [4.69, 9.17) is 4.74 Å². The third kappa shape index (κ3) is 4.86. The number of hydrogen-bond acceptors (Lipinski definition) is 6. The molecule has 29 heavy (non-hydrogen) atoms. The first kappa shape index (κ1) is 20.1. The summed E-state index contributed by atoms with van der Waals surface area (Å²) in [5.74, 6) is 1.09. The second-order valence-electron chi connectivity index (χ2n) is 7.75. The molecule has 0 aromatic heterocycles. The zero-order valence-corrected chi connectivity index (χ0v) is 17.1. The maximum atomic E-state index is 12.7. The zero-order chi connectivity index (χ0) is 20.3. The molecule has 2 N–H and O–H groups in total. The van der Waals surface area contributed by atoms with Crippen LogP contribution in [0, 0.1) is 0 Å². The first-order chi connectivity index (χ1) is 14.0. The van der Waals surface area contributed by atoms with Gasteiger partial charge in [-0.25, -0.2) is 0 Å². The van der Waals surface area contributed by atoms with Crippen molar-refractivity contribution in [1.82, 2.24) is 4.90 Å². The quantitative estimate of drug-likeness (QED) is 0.677. The molecule has 0 saturated carbocycles. The van der Waals surface area contributed by atoms with E-state index in [-0.39, 0.29) is 0 Å². The van der Waals surface area contributed by atoms with Crippen LogP contribution in [0.15, 0.2) is 53.4 Å². The molecular weight excluding hydrogens is 388 g/mol. The lowest BCUT2D eigenvalue weighted by atomic mass is 9.85. The monoisotopic (exact) mass is 414 g/mol. The predicted molar refractivity (Wildman–Crippen MR) is 113 cm³/mol. The standard InChI is InChI=1S/C22H26N2O4S/c25-16-21-23-19-7-6-18(14-20(19)28-21)29(27)13-12-24-10-8-22(26,9-11-24)15-17-4-2-1-3-5-17/h1-7,14,16,21,23,26H,8-13,15H2. The van der Waals surface area contributed by atoms with Gasteiger partial charge in [0.25, 0.3) is 0 Å². The molecule has 2 aliphatic rings. The molecule has 2 unspecified atom stereocenters. The Balaban J connectivity index is 1.26. The number of piperidine rings is 1. The number of carbonyl (C=O) groups is 1. The number of likely N-dealkylation sites (tertiary alicyclic amines) is 1. The molecule has 0 spiro atoms. The fourth-order valence-electron chi connectivity index (χ4n) is 3.92. The Kier molecular flexibility index (Phi) is 5.99. The normalized spacial score (nSPS) is 21.6. The average molecular weight is 415 g/mol. The molecule has 2 aliphatic heterocycles. The summed E-state index contributed by atoms with van der Waals surface area (Å²) in [6.07, 6.45) is 2.15. The summed E-state index contributed by atoms with van der Waals surface area (Å²) in [6, 6.07) is 15.5. The number of rotatable bonds is 7. The number of aldehydes is 1. The number of benzene rings is 2. The Morgan fingerprint density at radius 3 is 2.69 bits per heavy atom. The third-order valence-corrected chi connectivity index (χ3v) is 6.98. The lowest BCUT2D eigenvalue weighted by Gasteiger charge is -2.38. The van der Waals surface area contributed by atoms with Gasteiger partial charge >= 0.3 is 0 Å². The number of hydrogen-bond donors (Lipinski definition) is 2. The predicted octanol–water partition coefficient (Wildman–Crippen LogP) is 2.19. The fourth-order valence-corrected chi connectivity index (χ4v) is 5.04. The minimum absolute atomic E-state index is 0.528. The number of aliphatic hydroxyl groups is 1. The molecule has 4 rings (SSSR count). The highest BCUT2D eigenvalue weighted by Gasteiger charge is 2.32. The topological polar surface area (TPSA) is 78.9 Å². The number of ether oxygens (including phenoxy) is 1. The maximum Gasteiger partial charge on any atom is 0.226 e. The van der Waals surface area contributed by atoms with Crippen molar-refractivity contribution in [1.29, 1.82) is 0 Å². The van der Waals surface area contributed by atoms with Gasteiger partial charge in [-0.1, -0.05) is 30.3 Å². The molecular formula is C22H26N2O4S. The van der Waals surface area contributed by atoms with Crippen molar-refractivity contribution in [2.45, 2.75) is 36.0 Å². The molecule has 1 fully saturated rings. The van der Waals surface area contributed by atoms with Crippen LogP contribution in [0.25, 0.3) is 0 Å². The molecule has 6 nitrogen and oxygen atoms in total. The molecule has 0 bridgehead atoms. The molecule has 2 heterocycles. The molecule has 2 aromatic carbocycles. The first-order valence-electron chi connectivity index (χ1n) is 9.94. The Hall–Kier alpha value is -2.22. The van der Waals surface area contributed by atoms with Gasteiger partial charge in [-0.2, -0.15) is 0 Å². The summed E-state index contributed by atoms with van der Waals surface area (Å²) in [5.41, 5.74) is 1.25. The van der Waals surface area contributed by atoms with Crippen molar-refractivity contribution in [2.24, 2.45) is 0 Å². The number of anilines is 1. The average Bonchev–Trinajstić information content (AvgIpc) is 3.16. The van der Waals surface area contributed by atoms with E-state index in [0.29, 0.717) is 29.1 Å². The molecule has 1 saturated heterocycles. The van der Waals surface area contributed by atoms with E-state index in [9.17, 15) is 14.1 Å². The highest BCUT2D eigenvalue weighted by molar-refractivity contribution is 7.85. The van der Waals surface area contributed by atoms with E-state index in [0.717, 1.165) is 43.7 Å². The maximum absolute atomic E-state index is 12.7. The van der Waals surface area contributed by atoms with Crippen molar-refractivity contribution >= 4 is 22.8 Å². The van der Waals surface area contributed by atoms with Crippen molar-refractivity contribution in [3.05, 3.63) is 54.1 Å². The van der Waals surface area contributed by atoms with Gasteiger partial charge in [0.15, 0.2) is 6.29 Å². The van der Waals surface area contributed by atoms with Crippen molar-refractivity contribution in [3.63, 3.8) is 0 Å². The van der Waals surface area contributed by atoms with Gasteiger partial charge in [0.1, 0.15) is 5.75 Å². The summed E-state index contributed by atoms with van der Waals surface area (Å²) in [6.45, 7) is 2.33. The minimum Gasteiger partial charge on any atom is -0.461 e. The van der Waals surface area contributed by atoms with Gasteiger partial charge in [-0.3, -0.25) is 9.00 Å². The summed E-state index contributed by atoms with van der Waals surface area (Å²) in [5, 5.41) is 13.8. The summed E-state index contributed by atoms with van der Waals surface area (Å²) in [4.78, 5) is 13.8.